The molecule has 1 saturated heterocycles. The number of piperazine rings is 1. The molecule has 0 aromatic carbocycles. The molecule has 2 heterocycles. The van der Waals surface area contributed by atoms with E-state index in [0.29, 0.717) is 18.1 Å². The molecule has 0 spiro atoms. The maximum atomic E-state index is 4.49. The van der Waals surface area contributed by atoms with Crippen molar-refractivity contribution in [3.05, 3.63) is 23.5 Å². The van der Waals surface area contributed by atoms with Crippen molar-refractivity contribution in [1.29, 1.82) is 0 Å². The van der Waals surface area contributed by atoms with Crippen molar-refractivity contribution in [2.45, 2.75) is 59.3 Å². The smallest absolute Gasteiger partial charge is 0.0446 e. The highest BCUT2D eigenvalue weighted by molar-refractivity contribution is 5.54. The average Bonchev–Trinajstić information content (AvgIpc) is 2.42. The number of nitrogens with zero attached hydrogens (tertiary/aromatic N) is 3. The fraction of sp³-hybridized carbons (Fsp3) is 0.706. The van der Waals surface area contributed by atoms with Crippen LogP contribution in [-0.4, -0.2) is 48.1 Å². The quantitative estimate of drug-likeness (QED) is 0.923. The molecule has 21 heavy (non-hydrogen) atoms. The maximum Gasteiger partial charge on any atom is 0.0446 e. The highest BCUT2D eigenvalue weighted by Gasteiger charge is 2.27. The summed E-state index contributed by atoms with van der Waals surface area (Å²) in [6.45, 7) is 14.1. The van der Waals surface area contributed by atoms with Gasteiger partial charge in [-0.15, -0.1) is 0 Å². The van der Waals surface area contributed by atoms with Crippen LogP contribution >= 0.6 is 0 Å². The Labute approximate surface area is 129 Å². The number of pyridine rings is 1. The minimum absolute atomic E-state index is 0.490. The number of aromatic nitrogens is 1. The molecule has 1 fully saturated rings. The summed E-state index contributed by atoms with van der Waals surface area (Å²) in [5, 5.41) is 3.51. The van der Waals surface area contributed by atoms with Gasteiger partial charge in [0.1, 0.15) is 0 Å². The second kappa shape index (κ2) is 6.75. The molecule has 1 aliphatic heterocycles. The van der Waals surface area contributed by atoms with E-state index < -0.39 is 0 Å². The number of rotatable bonds is 4. The Balaban J connectivity index is 2.23. The molecule has 118 valence electrons. The molecule has 0 radical (unpaired) electrons. The first-order chi connectivity index (χ1) is 9.88. The number of anilines is 1. The predicted octanol–water partition coefficient (Wildman–Crippen LogP) is 2.42. The van der Waals surface area contributed by atoms with Gasteiger partial charge in [0.05, 0.1) is 0 Å². The zero-order valence-corrected chi connectivity index (χ0v) is 14.3. The Morgan fingerprint density at radius 3 is 2.48 bits per heavy atom. The molecule has 0 aliphatic carbocycles. The SMILES string of the molecule is Cc1cc(N2CC(C)N(C)C(C)C2)c(CNC(C)C)cn1. The van der Waals surface area contributed by atoms with E-state index in [4.69, 9.17) is 0 Å². The second-order valence-corrected chi connectivity index (χ2v) is 6.76. The summed E-state index contributed by atoms with van der Waals surface area (Å²) in [4.78, 5) is 9.49. The van der Waals surface area contributed by atoms with Crippen molar-refractivity contribution < 1.29 is 0 Å². The lowest BCUT2D eigenvalue weighted by Crippen LogP contribution is -2.55. The van der Waals surface area contributed by atoms with Gasteiger partial charge < -0.3 is 10.2 Å². The Morgan fingerprint density at radius 2 is 1.90 bits per heavy atom. The fourth-order valence-corrected chi connectivity index (χ4v) is 2.92. The van der Waals surface area contributed by atoms with Gasteiger partial charge in [0.15, 0.2) is 0 Å². The number of nitrogens with one attached hydrogen (secondary N) is 1. The Kier molecular flexibility index (Phi) is 5.22. The molecule has 1 aliphatic rings. The topological polar surface area (TPSA) is 31.4 Å². The van der Waals surface area contributed by atoms with Crippen molar-refractivity contribution in [3.8, 4) is 0 Å². The second-order valence-electron chi connectivity index (χ2n) is 6.76. The van der Waals surface area contributed by atoms with E-state index in [1.807, 2.05) is 6.20 Å². The molecule has 2 atom stereocenters. The van der Waals surface area contributed by atoms with E-state index in [-0.39, 0.29) is 0 Å². The fourth-order valence-electron chi connectivity index (χ4n) is 2.92. The van der Waals surface area contributed by atoms with Crippen molar-refractivity contribution >= 4 is 5.69 Å². The highest BCUT2D eigenvalue weighted by Crippen LogP contribution is 2.25. The van der Waals surface area contributed by atoms with Crippen LogP contribution in [0.4, 0.5) is 5.69 Å². The van der Waals surface area contributed by atoms with E-state index in [1.165, 1.54) is 11.3 Å². The van der Waals surface area contributed by atoms with Crippen molar-refractivity contribution in [1.82, 2.24) is 15.2 Å². The third-order valence-corrected chi connectivity index (χ3v) is 4.50. The maximum absolute atomic E-state index is 4.49. The number of likely N-dealkylation sites (N-methyl/N-ethyl adjacent to an activating group) is 1. The van der Waals surface area contributed by atoms with Gasteiger partial charge in [0.2, 0.25) is 0 Å². The van der Waals surface area contributed by atoms with Gasteiger partial charge in [-0.05, 0) is 33.9 Å². The summed E-state index contributed by atoms with van der Waals surface area (Å²) >= 11 is 0. The molecular formula is C17H30N4. The van der Waals surface area contributed by atoms with Gasteiger partial charge in [-0.1, -0.05) is 13.8 Å². The Bertz CT molecular complexity index is 460. The molecule has 1 N–H and O–H groups in total. The van der Waals surface area contributed by atoms with Crippen LogP contribution in [0.3, 0.4) is 0 Å². The van der Waals surface area contributed by atoms with Crippen molar-refractivity contribution in [2.24, 2.45) is 0 Å². The van der Waals surface area contributed by atoms with Crippen LogP contribution in [0, 0.1) is 6.92 Å². The zero-order chi connectivity index (χ0) is 15.6. The lowest BCUT2D eigenvalue weighted by atomic mass is 10.1. The standard InChI is InChI=1S/C17H30N4/c1-12(2)18-8-16-9-19-13(3)7-17(16)21-10-14(4)20(6)15(5)11-21/h7,9,12,14-15,18H,8,10-11H2,1-6H3. The van der Waals surface area contributed by atoms with E-state index in [2.05, 4.69) is 67.8 Å². The van der Waals surface area contributed by atoms with E-state index in [0.717, 1.165) is 25.3 Å². The number of hydrogen-bond donors (Lipinski definition) is 1. The number of hydrogen-bond acceptors (Lipinski definition) is 4. The Hall–Kier alpha value is -1.13. The van der Waals surface area contributed by atoms with Gasteiger partial charge in [0, 0.05) is 60.9 Å². The van der Waals surface area contributed by atoms with Gasteiger partial charge in [-0.3, -0.25) is 9.88 Å². The molecule has 2 rings (SSSR count). The van der Waals surface area contributed by atoms with Crippen LogP contribution in [-0.2, 0) is 6.54 Å². The van der Waals surface area contributed by atoms with Crippen LogP contribution in [0.25, 0.3) is 0 Å². The largest absolute Gasteiger partial charge is 0.368 e. The Morgan fingerprint density at radius 1 is 1.29 bits per heavy atom. The molecule has 4 nitrogen and oxygen atoms in total. The van der Waals surface area contributed by atoms with Crippen LogP contribution < -0.4 is 10.2 Å². The minimum atomic E-state index is 0.490. The first-order valence-electron chi connectivity index (χ1n) is 8.04. The van der Waals surface area contributed by atoms with Gasteiger partial charge in [-0.25, -0.2) is 0 Å². The summed E-state index contributed by atoms with van der Waals surface area (Å²) < 4.78 is 0. The van der Waals surface area contributed by atoms with Crippen LogP contribution in [0.2, 0.25) is 0 Å². The molecule has 4 heteroatoms. The third kappa shape index (κ3) is 3.95. The number of aryl methyl sites for hydroxylation is 1. The normalized spacial score (nSPS) is 23.9. The molecule has 1 aromatic heterocycles. The average molecular weight is 290 g/mol. The van der Waals surface area contributed by atoms with Crippen molar-refractivity contribution in [2.75, 3.05) is 25.0 Å². The first kappa shape index (κ1) is 16.2. The summed E-state index contributed by atoms with van der Waals surface area (Å²) in [6.07, 6.45) is 2.04. The first-order valence-corrected chi connectivity index (χ1v) is 8.04. The summed E-state index contributed by atoms with van der Waals surface area (Å²) in [6, 6.07) is 3.88. The molecule has 0 amide bonds. The predicted molar refractivity (Wildman–Crippen MR) is 89.8 cm³/mol. The molecule has 1 aromatic rings. The summed E-state index contributed by atoms with van der Waals surface area (Å²) in [5.41, 5.74) is 3.75. The molecular weight excluding hydrogens is 260 g/mol. The lowest BCUT2D eigenvalue weighted by molar-refractivity contribution is 0.170. The van der Waals surface area contributed by atoms with Gasteiger partial charge >= 0.3 is 0 Å². The summed E-state index contributed by atoms with van der Waals surface area (Å²) in [5.74, 6) is 0. The van der Waals surface area contributed by atoms with E-state index >= 15 is 0 Å². The zero-order valence-electron chi connectivity index (χ0n) is 14.3. The van der Waals surface area contributed by atoms with Crippen LogP contribution in [0.15, 0.2) is 12.3 Å². The molecule has 0 saturated carbocycles. The molecule has 0 bridgehead atoms. The van der Waals surface area contributed by atoms with Crippen molar-refractivity contribution in [3.63, 3.8) is 0 Å². The lowest BCUT2D eigenvalue weighted by Gasteiger charge is -2.44. The monoisotopic (exact) mass is 290 g/mol. The van der Waals surface area contributed by atoms with E-state index in [1.54, 1.807) is 0 Å². The van der Waals surface area contributed by atoms with Crippen LogP contribution in [0.1, 0.15) is 39.0 Å². The van der Waals surface area contributed by atoms with Gasteiger partial charge in [0.25, 0.3) is 0 Å². The third-order valence-electron chi connectivity index (χ3n) is 4.50. The van der Waals surface area contributed by atoms with Gasteiger partial charge in [-0.2, -0.15) is 0 Å². The van der Waals surface area contributed by atoms with E-state index in [9.17, 15) is 0 Å². The minimum Gasteiger partial charge on any atom is -0.368 e. The summed E-state index contributed by atoms with van der Waals surface area (Å²) in [7, 11) is 2.23. The highest BCUT2D eigenvalue weighted by atomic mass is 15.3. The van der Waals surface area contributed by atoms with Crippen LogP contribution in [0.5, 0.6) is 0 Å². The molecule has 2 unspecified atom stereocenters.